The maximum atomic E-state index is 12.0. The average Bonchev–Trinajstić information content (AvgIpc) is 2.13. The van der Waals surface area contributed by atoms with Crippen LogP contribution in [0.3, 0.4) is 0 Å². The topological polar surface area (TPSA) is 21.3 Å². The van der Waals surface area contributed by atoms with Crippen molar-refractivity contribution < 1.29 is 17.9 Å². The number of benzene rings is 1. The van der Waals surface area contributed by atoms with Crippen molar-refractivity contribution in [1.29, 1.82) is 0 Å². The SMILES string of the molecule is COc1c(C)cc(NCC(F)(F)F)cc1C. The van der Waals surface area contributed by atoms with Crippen molar-refractivity contribution in [3.63, 3.8) is 0 Å². The zero-order valence-electron chi connectivity index (χ0n) is 9.40. The van der Waals surface area contributed by atoms with Crippen molar-refractivity contribution >= 4 is 5.69 Å². The summed E-state index contributed by atoms with van der Waals surface area (Å²) in [6.07, 6.45) is -4.21. The summed E-state index contributed by atoms with van der Waals surface area (Å²) in [7, 11) is 1.54. The molecular weight excluding hydrogens is 219 g/mol. The second kappa shape index (κ2) is 4.63. The molecule has 5 heteroatoms. The lowest BCUT2D eigenvalue weighted by Gasteiger charge is -2.14. The van der Waals surface area contributed by atoms with E-state index in [2.05, 4.69) is 5.32 Å². The van der Waals surface area contributed by atoms with Gasteiger partial charge in [0.2, 0.25) is 0 Å². The van der Waals surface area contributed by atoms with Crippen LogP contribution in [0.1, 0.15) is 11.1 Å². The molecule has 0 aliphatic rings. The lowest BCUT2D eigenvalue weighted by molar-refractivity contribution is -0.115. The minimum atomic E-state index is -4.21. The van der Waals surface area contributed by atoms with Crippen LogP contribution < -0.4 is 10.1 Å². The molecule has 16 heavy (non-hydrogen) atoms. The van der Waals surface area contributed by atoms with Gasteiger partial charge in [-0.2, -0.15) is 13.2 Å². The summed E-state index contributed by atoms with van der Waals surface area (Å²) in [5.41, 5.74) is 2.08. The highest BCUT2D eigenvalue weighted by atomic mass is 19.4. The number of alkyl halides is 3. The molecule has 0 atom stereocenters. The molecule has 0 amide bonds. The van der Waals surface area contributed by atoms with Gasteiger partial charge in [0.15, 0.2) is 0 Å². The number of methoxy groups -OCH3 is 1. The minimum Gasteiger partial charge on any atom is -0.496 e. The first-order valence-electron chi connectivity index (χ1n) is 4.79. The standard InChI is InChI=1S/C11H14F3NO/c1-7-4-9(15-6-11(12,13)14)5-8(2)10(7)16-3/h4-5,15H,6H2,1-3H3. The second-order valence-corrected chi connectivity index (χ2v) is 3.61. The molecule has 1 rings (SSSR count). The van der Waals surface area contributed by atoms with Crippen LogP contribution in [-0.2, 0) is 0 Å². The molecule has 1 aromatic carbocycles. The summed E-state index contributed by atoms with van der Waals surface area (Å²) in [5.74, 6) is 0.706. The van der Waals surface area contributed by atoms with Gasteiger partial charge in [0.1, 0.15) is 12.3 Å². The maximum absolute atomic E-state index is 12.0. The number of halogens is 3. The van der Waals surface area contributed by atoms with Crippen molar-refractivity contribution in [2.75, 3.05) is 19.0 Å². The highest BCUT2D eigenvalue weighted by Gasteiger charge is 2.26. The third kappa shape index (κ3) is 3.32. The van der Waals surface area contributed by atoms with E-state index in [-0.39, 0.29) is 0 Å². The summed E-state index contributed by atoms with van der Waals surface area (Å²) in [6, 6.07) is 3.27. The molecule has 0 spiro atoms. The summed E-state index contributed by atoms with van der Waals surface area (Å²) in [5, 5.41) is 2.34. The molecule has 1 aromatic rings. The highest BCUT2D eigenvalue weighted by Crippen LogP contribution is 2.27. The Balaban J connectivity index is 2.84. The largest absolute Gasteiger partial charge is 0.496 e. The molecular formula is C11H14F3NO. The Labute approximate surface area is 92.4 Å². The summed E-state index contributed by atoms with van der Waals surface area (Å²) >= 11 is 0. The van der Waals surface area contributed by atoms with E-state index in [0.29, 0.717) is 11.4 Å². The van der Waals surface area contributed by atoms with E-state index in [1.807, 2.05) is 0 Å². The smallest absolute Gasteiger partial charge is 0.405 e. The van der Waals surface area contributed by atoms with Crippen molar-refractivity contribution in [3.05, 3.63) is 23.3 Å². The van der Waals surface area contributed by atoms with Crippen LogP contribution in [0.2, 0.25) is 0 Å². The number of rotatable bonds is 3. The Hall–Kier alpha value is -1.39. The first-order chi connectivity index (χ1) is 7.33. The fourth-order valence-corrected chi connectivity index (χ4v) is 1.58. The van der Waals surface area contributed by atoms with Crippen molar-refractivity contribution in [1.82, 2.24) is 0 Å². The first-order valence-corrected chi connectivity index (χ1v) is 4.79. The van der Waals surface area contributed by atoms with Gasteiger partial charge in [-0.15, -0.1) is 0 Å². The van der Waals surface area contributed by atoms with Crippen LogP contribution in [0.25, 0.3) is 0 Å². The van der Waals surface area contributed by atoms with Gasteiger partial charge in [-0.05, 0) is 37.1 Å². The van der Waals surface area contributed by atoms with E-state index in [1.54, 1.807) is 26.0 Å². The molecule has 0 aliphatic heterocycles. The van der Waals surface area contributed by atoms with Gasteiger partial charge in [-0.1, -0.05) is 0 Å². The van der Waals surface area contributed by atoms with E-state index in [4.69, 9.17) is 4.74 Å². The van der Waals surface area contributed by atoms with Crippen molar-refractivity contribution in [2.45, 2.75) is 20.0 Å². The number of nitrogens with one attached hydrogen (secondary N) is 1. The lowest BCUT2D eigenvalue weighted by Crippen LogP contribution is -2.21. The Morgan fingerprint density at radius 3 is 2.06 bits per heavy atom. The monoisotopic (exact) mass is 233 g/mol. The van der Waals surface area contributed by atoms with Gasteiger partial charge < -0.3 is 10.1 Å². The molecule has 0 unspecified atom stereocenters. The molecule has 0 saturated heterocycles. The second-order valence-electron chi connectivity index (χ2n) is 3.61. The highest BCUT2D eigenvalue weighted by molar-refractivity contribution is 5.55. The predicted molar refractivity (Wildman–Crippen MR) is 57.0 cm³/mol. The van der Waals surface area contributed by atoms with Crippen molar-refractivity contribution in [3.8, 4) is 5.75 Å². The van der Waals surface area contributed by atoms with Gasteiger partial charge >= 0.3 is 6.18 Å². The fourth-order valence-electron chi connectivity index (χ4n) is 1.58. The lowest BCUT2D eigenvalue weighted by atomic mass is 10.1. The van der Waals surface area contributed by atoms with E-state index in [0.717, 1.165) is 11.1 Å². The number of hydrogen-bond donors (Lipinski definition) is 1. The molecule has 0 fully saturated rings. The molecule has 0 aromatic heterocycles. The third-order valence-corrected chi connectivity index (χ3v) is 2.16. The molecule has 0 saturated carbocycles. The summed E-state index contributed by atoms with van der Waals surface area (Å²) in [6.45, 7) is 2.56. The Morgan fingerprint density at radius 1 is 1.19 bits per heavy atom. The van der Waals surface area contributed by atoms with Crippen LogP contribution in [0.15, 0.2) is 12.1 Å². The van der Waals surface area contributed by atoms with E-state index in [9.17, 15) is 13.2 Å². The van der Waals surface area contributed by atoms with Gasteiger partial charge in [-0.3, -0.25) is 0 Å². The molecule has 2 nitrogen and oxygen atoms in total. The molecule has 1 N–H and O–H groups in total. The number of hydrogen-bond acceptors (Lipinski definition) is 2. The van der Waals surface area contributed by atoms with Gasteiger partial charge in [0.05, 0.1) is 7.11 Å². The molecule has 0 radical (unpaired) electrons. The molecule has 0 bridgehead atoms. The zero-order chi connectivity index (χ0) is 12.3. The zero-order valence-corrected chi connectivity index (χ0v) is 9.40. The average molecular weight is 233 g/mol. The van der Waals surface area contributed by atoms with E-state index >= 15 is 0 Å². The quantitative estimate of drug-likeness (QED) is 0.865. The maximum Gasteiger partial charge on any atom is 0.405 e. The van der Waals surface area contributed by atoms with Crippen LogP contribution in [0.5, 0.6) is 5.75 Å². The summed E-state index contributed by atoms with van der Waals surface area (Å²) in [4.78, 5) is 0. The Kier molecular flexibility index (Phi) is 3.67. The van der Waals surface area contributed by atoms with E-state index < -0.39 is 12.7 Å². The fraction of sp³-hybridized carbons (Fsp3) is 0.455. The normalized spacial score (nSPS) is 11.4. The summed E-state index contributed by atoms with van der Waals surface area (Å²) < 4.78 is 41.1. The molecule has 0 aliphatic carbocycles. The van der Waals surface area contributed by atoms with Gasteiger partial charge in [-0.25, -0.2) is 0 Å². The van der Waals surface area contributed by atoms with Crippen LogP contribution >= 0.6 is 0 Å². The van der Waals surface area contributed by atoms with Crippen molar-refractivity contribution in [2.24, 2.45) is 0 Å². The first kappa shape index (κ1) is 12.7. The Bertz CT molecular complexity index is 351. The van der Waals surface area contributed by atoms with Crippen LogP contribution in [0.4, 0.5) is 18.9 Å². The number of ether oxygens (including phenoxy) is 1. The van der Waals surface area contributed by atoms with Crippen LogP contribution in [0, 0.1) is 13.8 Å². The predicted octanol–water partition coefficient (Wildman–Crippen LogP) is 3.29. The van der Waals surface area contributed by atoms with Crippen LogP contribution in [-0.4, -0.2) is 19.8 Å². The number of anilines is 1. The van der Waals surface area contributed by atoms with Gasteiger partial charge in [0.25, 0.3) is 0 Å². The molecule has 90 valence electrons. The third-order valence-electron chi connectivity index (χ3n) is 2.16. The van der Waals surface area contributed by atoms with Gasteiger partial charge in [0, 0.05) is 5.69 Å². The van der Waals surface area contributed by atoms with E-state index in [1.165, 1.54) is 7.11 Å². The minimum absolute atomic E-state index is 0.452. The number of aryl methyl sites for hydroxylation is 2. The molecule has 0 heterocycles. The Morgan fingerprint density at radius 2 is 1.69 bits per heavy atom.